The standard InChI is InChI=1S/C15H22N2O/c1-2-3-9-17(10-11-18)12-13-5-4-6-15-14(13)7-8-16-15/h4-8,16,18H,2-3,9-12H2,1H3. The highest BCUT2D eigenvalue weighted by Crippen LogP contribution is 2.19. The molecule has 1 aromatic carbocycles. The van der Waals surface area contributed by atoms with Gasteiger partial charge in [-0.25, -0.2) is 0 Å². The second kappa shape index (κ2) is 6.57. The Bertz CT molecular complexity index is 478. The predicted molar refractivity (Wildman–Crippen MR) is 75.6 cm³/mol. The molecule has 0 radical (unpaired) electrons. The summed E-state index contributed by atoms with van der Waals surface area (Å²) < 4.78 is 0. The summed E-state index contributed by atoms with van der Waals surface area (Å²) in [4.78, 5) is 5.57. The maximum atomic E-state index is 9.14. The topological polar surface area (TPSA) is 39.3 Å². The van der Waals surface area contributed by atoms with Crippen LogP contribution in [0.1, 0.15) is 25.3 Å². The first-order chi connectivity index (χ1) is 8.85. The number of rotatable bonds is 7. The Balaban J connectivity index is 2.12. The number of nitrogens with one attached hydrogen (secondary N) is 1. The molecular formula is C15H22N2O. The molecule has 2 rings (SSSR count). The highest BCUT2D eigenvalue weighted by Gasteiger charge is 2.08. The van der Waals surface area contributed by atoms with E-state index in [1.807, 2.05) is 6.20 Å². The molecule has 98 valence electrons. The quantitative estimate of drug-likeness (QED) is 0.788. The summed E-state index contributed by atoms with van der Waals surface area (Å²) in [7, 11) is 0. The molecule has 0 amide bonds. The maximum Gasteiger partial charge on any atom is 0.0558 e. The molecule has 0 fully saturated rings. The van der Waals surface area contributed by atoms with Gasteiger partial charge in [-0.2, -0.15) is 0 Å². The van der Waals surface area contributed by atoms with Crippen LogP contribution in [0.5, 0.6) is 0 Å². The zero-order valence-electron chi connectivity index (χ0n) is 11.0. The lowest BCUT2D eigenvalue weighted by Crippen LogP contribution is -2.27. The van der Waals surface area contributed by atoms with Gasteiger partial charge >= 0.3 is 0 Å². The Morgan fingerprint density at radius 2 is 2.11 bits per heavy atom. The molecule has 0 atom stereocenters. The first-order valence-electron chi connectivity index (χ1n) is 6.73. The number of aromatic nitrogens is 1. The Kier molecular flexibility index (Phi) is 4.79. The molecule has 0 bridgehead atoms. The number of hydrogen-bond acceptors (Lipinski definition) is 2. The first kappa shape index (κ1) is 13.1. The molecule has 0 spiro atoms. The fraction of sp³-hybridized carbons (Fsp3) is 0.467. The molecule has 3 heteroatoms. The van der Waals surface area contributed by atoms with Crippen LogP contribution < -0.4 is 0 Å². The Morgan fingerprint density at radius 1 is 1.22 bits per heavy atom. The fourth-order valence-corrected chi connectivity index (χ4v) is 2.32. The molecule has 2 aromatic rings. The van der Waals surface area contributed by atoms with Gasteiger partial charge in [-0.05, 0) is 30.7 Å². The number of fused-ring (bicyclic) bond motifs is 1. The third kappa shape index (κ3) is 3.12. The van der Waals surface area contributed by atoms with Gasteiger partial charge < -0.3 is 10.1 Å². The van der Waals surface area contributed by atoms with Crippen molar-refractivity contribution in [1.29, 1.82) is 0 Å². The van der Waals surface area contributed by atoms with Crippen molar-refractivity contribution >= 4 is 10.9 Å². The number of aliphatic hydroxyl groups is 1. The summed E-state index contributed by atoms with van der Waals surface area (Å²) in [6.07, 6.45) is 4.36. The Morgan fingerprint density at radius 3 is 2.89 bits per heavy atom. The number of aliphatic hydroxyl groups excluding tert-OH is 1. The highest BCUT2D eigenvalue weighted by atomic mass is 16.3. The smallest absolute Gasteiger partial charge is 0.0558 e. The van der Waals surface area contributed by atoms with Crippen molar-refractivity contribution in [2.45, 2.75) is 26.3 Å². The van der Waals surface area contributed by atoms with Gasteiger partial charge in [0.25, 0.3) is 0 Å². The van der Waals surface area contributed by atoms with Crippen LogP contribution in [0.2, 0.25) is 0 Å². The van der Waals surface area contributed by atoms with Crippen LogP contribution in [-0.4, -0.2) is 34.7 Å². The average Bonchev–Trinajstić information content (AvgIpc) is 2.85. The van der Waals surface area contributed by atoms with E-state index in [2.05, 4.69) is 41.1 Å². The van der Waals surface area contributed by atoms with E-state index in [9.17, 15) is 0 Å². The van der Waals surface area contributed by atoms with Gasteiger partial charge in [0, 0.05) is 30.2 Å². The zero-order chi connectivity index (χ0) is 12.8. The fourth-order valence-electron chi connectivity index (χ4n) is 2.32. The summed E-state index contributed by atoms with van der Waals surface area (Å²) in [6.45, 7) is 5.14. The minimum atomic E-state index is 0.229. The Hall–Kier alpha value is -1.32. The van der Waals surface area contributed by atoms with Crippen LogP contribution in [0.3, 0.4) is 0 Å². The highest BCUT2D eigenvalue weighted by molar-refractivity contribution is 5.82. The Labute approximate surface area is 108 Å². The molecule has 0 saturated carbocycles. The van der Waals surface area contributed by atoms with Crippen molar-refractivity contribution in [3.8, 4) is 0 Å². The molecular weight excluding hydrogens is 224 g/mol. The van der Waals surface area contributed by atoms with E-state index in [-0.39, 0.29) is 6.61 Å². The molecule has 0 unspecified atom stereocenters. The maximum absolute atomic E-state index is 9.14. The molecule has 2 N–H and O–H groups in total. The lowest BCUT2D eigenvalue weighted by atomic mass is 10.1. The summed E-state index contributed by atoms with van der Waals surface area (Å²) >= 11 is 0. The molecule has 0 aliphatic heterocycles. The van der Waals surface area contributed by atoms with E-state index in [0.29, 0.717) is 0 Å². The minimum absolute atomic E-state index is 0.229. The van der Waals surface area contributed by atoms with Crippen molar-refractivity contribution in [3.63, 3.8) is 0 Å². The number of benzene rings is 1. The number of H-pyrrole nitrogens is 1. The van der Waals surface area contributed by atoms with E-state index in [1.54, 1.807) is 0 Å². The molecule has 18 heavy (non-hydrogen) atoms. The summed E-state index contributed by atoms with van der Waals surface area (Å²) in [5.41, 5.74) is 2.52. The van der Waals surface area contributed by atoms with Crippen molar-refractivity contribution in [2.75, 3.05) is 19.7 Å². The van der Waals surface area contributed by atoms with Gasteiger partial charge in [-0.1, -0.05) is 25.5 Å². The van der Waals surface area contributed by atoms with Crippen LogP contribution in [-0.2, 0) is 6.54 Å². The second-order valence-electron chi connectivity index (χ2n) is 4.71. The molecule has 3 nitrogen and oxygen atoms in total. The van der Waals surface area contributed by atoms with E-state index in [1.165, 1.54) is 29.3 Å². The first-order valence-corrected chi connectivity index (χ1v) is 6.73. The van der Waals surface area contributed by atoms with E-state index < -0.39 is 0 Å². The lowest BCUT2D eigenvalue weighted by Gasteiger charge is -2.21. The van der Waals surface area contributed by atoms with Crippen LogP contribution >= 0.6 is 0 Å². The van der Waals surface area contributed by atoms with Gasteiger partial charge in [0.2, 0.25) is 0 Å². The van der Waals surface area contributed by atoms with Crippen LogP contribution in [0, 0.1) is 0 Å². The number of aromatic amines is 1. The van der Waals surface area contributed by atoms with Crippen LogP contribution in [0.25, 0.3) is 10.9 Å². The van der Waals surface area contributed by atoms with Crippen LogP contribution in [0.4, 0.5) is 0 Å². The molecule has 0 aliphatic rings. The van der Waals surface area contributed by atoms with Gasteiger partial charge in [0.1, 0.15) is 0 Å². The van der Waals surface area contributed by atoms with Crippen molar-refractivity contribution in [2.24, 2.45) is 0 Å². The third-order valence-corrected chi connectivity index (χ3v) is 3.32. The van der Waals surface area contributed by atoms with Crippen molar-refractivity contribution in [1.82, 2.24) is 9.88 Å². The number of unbranched alkanes of at least 4 members (excludes halogenated alkanes) is 1. The SMILES string of the molecule is CCCCN(CCO)Cc1cccc2[nH]ccc12. The summed E-state index contributed by atoms with van der Waals surface area (Å²) in [5, 5.41) is 10.4. The van der Waals surface area contributed by atoms with Crippen molar-refractivity contribution in [3.05, 3.63) is 36.0 Å². The monoisotopic (exact) mass is 246 g/mol. The van der Waals surface area contributed by atoms with Crippen LogP contribution in [0.15, 0.2) is 30.5 Å². The van der Waals surface area contributed by atoms with Crippen molar-refractivity contribution < 1.29 is 5.11 Å². The molecule has 1 heterocycles. The van der Waals surface area contributed by atoms with Gasteiger partial charge in [0.05, 0.1) is 6.61 Å². The molecule has 1 aromatic heterocycles. The predicted octanol–water partition coefficient (Wildman–Crippen LogP) is 2.76. The minimum Gasteiger partial charge on any atom is -0.395 e. The van der Waals surface area contributed by atoms with Gasteiger partial charge in [-0.3, -0.25) is 4.90 Å². The van der Waals surface area contributed by atoms with Gasteiger partial charge in [-0.15, -0.1) is 0 Å². The average molecular weight is 246 g/mol. The molecule has 0 saturated heterocycles. The van der Waals surface area contributed by atoms with E-state index >= 15 is 0 Å². The van der Waals surface area contributed by atoms with E-state index in [4.69, 9.17) is 5.11 Å². The normalized spacial score (nSPS) is 11.5. The number of hydrogen-bond donors (Lipinski definition) is 2. The molecule has 0 aliphatic carbocycles. The summed E-state index contributed by atoms with van der Waals surface area (Å²) in [6, 6.07) is 8.49. The summed E-state index contributed by atoms with van der Waals surface area (Å²) in [5.74, 6) is 0. The largest absolute Gasteiger partial charge is 0.395 e. The third-order valence-electron chi connectivity index (χ3n) is 3.32. The zero-order valence-corrected chi connectivity index (χ0v) is 11.0. The second-order valence-corrected chi connectivity index (χ2v) is 4.71. The lowest BCUT2D eigenvalue weighted by molar-refractivity contribution is 0.189. The number of nitrogens with zero attached hydrogens (tertiary/aromatic N) is 1. The van der Waals surface area contributed by atoms with Gasteiger partial charge in [0.15, 0.2) is 0 Å². The van der Waals surface area contributed by atoms with E-state index in [0.717, 1.165) is 19.6 Å².